The van der Waals surface area contributed by atoms with Gasteiger partial charge in [0.05, 0.1) is 12.1 Å². The van der Waals surface area contributed by atoms with E-state index in [0.29, 0.717) is 6.07 Å². The molecule has 0 aromatic heterocycles. The summed E-state index contributed by atoms with van der Waals surface area (Å²) in [5.74, 6) is -1.53. The standard InChI is InChI=1S/C14H17F4NO2/c1-13(2,3)21-12(20)8-19-7-9-4-5-10(15)6-11(9)14(16,17)18/h4-6,19H,7-8H2,1-3H3. The number of carbonyl (C=O) groups is 1. The van der Waals surface area contributed by atoms with Gasteiger partial charge in [-0.05, 0) is 38.5 Å². The van der Waals surface area contributed by atoms with Gasteiger partial charge < -0.3 is 10.1 Å². The van der Waals surface area contributed by atoms with Crippen molar-refractivity contribution in [2.75, 3.05) is 6.54 Å². The molecule has 1 aromatic carbocycles. The average molecular weight is 307 g/mol. The molecule has 118 valence electrons. The van der Waals surface area contributed by atoms with E-state index in [1.54, 1.807) is 20.8 Å². The molecular formula is C14H17F4NO2. The quantitative estimate of drug-likeness (QED) is 0.685. The number of ether oxygens (including phenoxy) is 1. The van der Waals surface area contributed by atoms with Crippen LogP contribution in [-0.4, -0.2) is 18.1 Å². The number of rotatable bonds is 4. The highest BCUT2D eigenvalue weighted by molar-refractivity contribution is 5.72. The van der Waals surface area contributed by atoms with Crippen LogP contribution in [0.5, 0.6) is 0 Å². The van der Waals surface area contributed by atoms with Gasteiger partial charge in [0, 0.05) is 6.54 Å². The smallest absolute Gasteiger partial charge is 0.416 e. The van der Waals surface area contributed by atoms with Crippen molar-refractivity contribution in [3.63, 3.8) is 0 Å². The van der Waals surface area contributed by atoms with E-state index in [2.05, 4.69) is 5.32 Å². The third kappa shape index (κ3) is 6.12. The molecule has 0 saturated heterocycles. The predicted octanol–water partition coefficient (Wildman–Crippen LogP) is 3.28. The molecule has 0 spiro atoms. The van der Waals surface area contributed by atoms with Gasteiger partial charge >= 0.3 is 12.1 Å². The summed E-state index contributed by atoms with van der Waals surface area (Å²) in [6, 6.07) is 2.42. The van der Waals surface area contributed by atoms with Crippen LogP contribution in [0.4, 0.5) is 17.6 Å². The Morgan fingerprint density at radius 2 is 1.86 bits per heavy atom. The zero-order valence-electron chi connectivity index (χ0n) is 12.0. The number of carbonyl (C=O) groups excluding carboxylic acids is 1. The number of halogens is 4. The largest absolute Gasteiger partial charge is 0.459 e. The van der Waals surface area contributed by atoms with E-state index >= 15 is 0 Å². The van der Waals surface area contributed by atoms with E-state index in [9.17, 15) is 22.4 Å². The van der Waals surface area contributed by atoms with E-state index in [1.807, 2.05) is 0 Å². The second kappa shape index (κ2) is 6.43. The van der Waals surface area contributed by atoms with Crippen LogP contribution >= 0.6 is 0 Å². The first kappa shape index (κ1) is 17.4. The average Bonchev–Trinajstić information content (AvgIpc) is 2.27. The van der Waals surface area contributed by atoms with Crippen LogP contribution in [0.1, 0.15) is 31.9 Å². The van der Waals surface area contributed by atoms with Gasteiger partial charge in [-0.2, -0.15) is 13.2 Å². The molecule has 0 bridgehead atoms. The van der Waals surface area contributed by atoms with Crippen LogP contribution in [0.3, 0.4) is 0 Å². The molecule has 0 atom stereocenters. The lowest BCUT2D eigenvalue weighted by atomic mass is 10.1. The summed E-state index contributed by atoms with van der Waals surface area (Å²) in [6.45, 7) is 4.62. The van der Waals surface area contributed by atoms with Crippen molar-refractivity contribution in [2.45, 2.75) is 39.1 Å². The van der Waals surface area contributed by atoms with Crippen LogP contribution in [0.25, 0.3) is 0 Å². The lowest BCUT2D eigenvalue weighted by Crippen LogP contribution is -2.31. The fraction of sp³-hybridized carbons (Fsp3) is 0.500. The first-order valence-corrected chi connectivity index (χ1v) is 6.27. The Labute approximate surface area is 120 Å². The second-order valence-corrected chi connectivity index (χ2v) is 5.49. The summed E-state index contributed by atoms with van der Waals surface area (Å²) >= 11 is 0. The van der Waals surface area contributed by atoms with Crippen molar-refractivity contribution in [1.29, 1.82) is 0 Å². The SMILES string of the molecule is CC(C)(C)OC(=O)CNCc1ccc(F)cc1C(F)(F)F. The van der Waals surface area contributed by atoms with E-state index < -0.39 is 29.1 Å². The van der Waals surface area contributed by atoms with Crippen molar-refractivity contribution in [3.05, 3.63) is 35.1 Å². The Morgan fingerprint density at radius 1 is 1.24 bits per heavy atom. The summed E-state index contributed by atoms with van der Waals surface area (Å²) < 4.78 is 56.2. The fourth-order valence-electron chi connectivity index (χ4n) is 1.64. The van der Waals surface area contributed by atoms with Gasteiger partial charge in [-0.3, -0.25) is 4.79 Å². The summed E-state index contributed by atoms with van der Waals surface area (Å²) in [7, 11) is 0. The molecule has 1 rings (SSSR count). The zero-order valence-corrected chi connectivity index (χ0v) is 12.0. The maximum Gasteiger partial charge on any atom is 0.416 e. The highest BCUT2D eigenvalue weighted by Gasteiger charge is 2.33. The van der Waals surface area contributed by atoms with Crippen molar-refractivity contribution >= 4 is 5.97 Å². The lowest BCUT2D eigenvalue weighted by molar-refractivity contribution is -0.153. The summed E-state index contributed by atoms with van der Waals surface area (Å²) in [6.07, 6.45) is -4.65. The maximum atomic E-state index is 12.9. The molecule has 3 nitrogen and oxygen atoms in total. The summed E-state index contributed by atoms with van der Waals surface area (Å²) in [5, 5.41) is 2.56. The number of hydrogen-bond acceptors (Lipinski definition) is 3. The fourth-order valence-corrected chi connectivity index (χ4v) is 1.64. The molecule has 1 aromatic rings. The van der Waals surface area contributed by atoms with Gasteiger partial charge in [-0.25, -0.2) is 4.39 Å². The summed E-state index contributed by atoms with van der Waals surface area (Å²) in [5.41, 5.74) is -1.85. The Kier molecular flexibility index (Phi) is 5.33. The van der Waals surface area contributed by atoms with E-state index in [1.165, 1.54) is 0 Å². The zero-order chi connectivity index (χ0) is 16.3. The second-order valence-electron chi connectivity index (χ2n) is 5.49. The molecule has 7 heteroatoms. The Bertz CT molecular complexity index is 507. The third-order valence-corrected chi connectivity index (χ3v) is 2.38. The molecule has 0 amide bonds. The first-order chi connectivity index (χ1) is 9.49. The molecule has 0 radical (unpaired) electrons. The molecule has 0 aliphatic carbocycles. The minimum atomic E-state index is -4.65. The molecule has 0 aliphatic heterocycles. The van der Waals surface area contributed by atoms with E-state index in [4.69, 9.17) is 4.74 Å². The van der Waals surface area contributed by atoms with Crippen molar-refractivity contribution < 1.29 is 27.1 Å². The van der Waals surface area contributed by atoms with Crippen LogP contribution in [-0.2, 0) is 22.3 Å². The maximum absolute atomic E-state index is 12.9. The van der Waals surface area contributed by atoms with E-state index in [-0.39, 0.29) is 18.7 Å². The Morgan fingerprint density at radius 3 is 2.38 bits per heavy atom. The molecule has 21 heavy (non-hydrogen) atoms. The molecule has 0 unspecified atom stereocenters. The molecule has 0 heterocycles. The van der Waals surface area contributed by atoms with Crippen molar-refractivity contribution in [3.8, 4) is 0 Å². The number of alkyl halides is 3. The summed E-state index contributed by atoms with van der Waals surface area (Å²) in [4.78, 5) is 11.4. The Balaban J connectivity index is 2.66. The van der Waals surface area contributed by atoms with Crippen molar-refractivity contribution in [1.82, 2.24) is 5.32 Å². The highest BCUT2D eigenvalue weighted by atomic mass is 19.4. The van der Waals surface area contributed by atoms with Gasteiger partial charge in [0.15, 0.2) is 0 Å². The van der Waals surface area contributed by atoms with Gasteiger partial charge in [0.2, 0.25) is 0 Å². The van der Waals surface area contributed by atoms with Crippen LogP contribution in [0.2, 0.25) is 0 Å². The number of esters is 1. The molecule has 0 fully saturated rings. The van der Waals surface area contributed by atoms with Gasteiger partial charge in [0.25, 0.3) is 0 Å². The van der Waals surface area contributed by atoms with Gasteiger partial charge in [0.1, 0.15) is 11.4 Å². The first-order valence-electron chi connectivity index (χ1n) is 6.27. The van der Waals surface area contributed by atoms with Gasteiger partial charge in [-0.1, -0.05) is 6.07 Å². The van der Waals surface area contributed by atoms with Crippen LogP contribution in [0.15, 0.2) is 18.2 Å². The Hall–Kier alpha value is -1.63. The number of nitrogens with one attached hydrogen (secondary N) is 1. The van der Waals surface area contributed by atoms with Crippen LogP contribution in [0, 0.1) is 5.82 Å². The van der Waals surface area contributed by atoms with Crippen molar-refractivity contribution in [2.24, 2.45) is 0 Å². The molecule has 1 N–H and O–H groups in total. The minimum absolute atomic E-state index is 0.132. The normalized spacial score (nSPS) is 12.3. The van der Waals surface area contributed by atoms with E-state index in [0.717, 1.165) is 12.1 Å². The number of hydrogen-bond donors (Lipinski definition) is 1. The lowest BCUT2D eigenvalue weighted by Gasteiger charge is -2.19. The molecule has 0 aliphatic rings. The predicted molar refractivity (Wildman–Crippen MR) is 69.0 cm³/mol. The number of benzene rings is 1. The van der Waals surface area contributed by atoms with Crippen LogP contribution < -0.4 is 5.32 Å². The monoisotopic (exact) mass is 307 g/mol. The minimum Gasteiger partial charge on any atom is -0.459 e. The highest BCUT2D eigenvalue weighted by Crippen LogP contribution is 2.32. The third-order valence-electron chi connectivity index (χ3n) is 2.38. The molecule has 0 saturated carbocycles. The van der Waals surface area contributed by atoms with Gasteiger partial charge in [-0.15, -0.1) is 0 Å². The topological polar surface area (TPSA) is 38.3 Å². The molecular weight excluding hydrogens is 290 g/mol.